The van der Waals surface area contributed by atoms with Crippen molar-refractivity contribution in [3.8, 4) is 11.4 Å². The summed E-state index contributed by atoms with van der Waals surface area (Å²) in [5.41, 5.74) is -0.431. The molecule has 9 heteroatoms. The predicted octanol–water partition coefficient (Wildman–Crippen LogP) is 4.22. The van der Waals surface area contributed by atoms with E-state index in [1.165, 1.54) is 24.3 Å². The van der Waals surface area contributed by atoms with Crippen molar-refractivity contribution in [2.24, 2.45) is 0 Å². The summed E-state index contributed by atoms with van der Waals surface area (Å²) < 4.78 is 40.2. The van der Waals surface area contributed by atoms with E-state index >= 15 is 0 Å². The number of aromatic hydroxyl groups is 1. The Balaban J connectivity index is 1.83. The molecule has 1 aromatic heterocycles. The predicted molar refractivity (Wildman–Crippen MR) is 97.7 cm³/mol. The molecule has 2 N–H and O–H groups in total. The summed E-state index contributed by atoms with van der Waals surface area (Å²) in [6.07, 6.45) is -4.26. The maximum Gasteiger partial charge on any atom is 0.435 e. The first-order chi connectivity index (χ1) is 13.3. The van der Waals surface area contributed by atoms with Crippen LogP contribution in [0.25, 0.3) is 5.69 Å². The number of hydrogen-bond acceptors (Lipinski definition) is 3. The molecule has 1 heterocycles. The Morgan fingerprint density at radius 2 is 1.82 bits per heavy atom. The monoisotopic (exact) mass is 409 g/mol. The second-order valence-corrected chi connectivity index (χ2v) is 6.36. The second-order valence-electron chi connectivity index (χ2n) is 5.95. The number of carbonyl (C=O) groups is 1. The maximum absolute atomic E-state index is 13.1. The molecule has 0 bridgehead atoms. The molecule has 0 saturated heterocycles. The Morgan fingerprint density at radius 1 is 1.14 bits per heavy atom. The zero-order valence-electron chi connectivity index (χ0n) is 14.4. The average Bonchev–Trinajstić information content (AvgIpc) is 3.09. The van der Waals surface area contributed by atoms with Crippen LogP contribution < -0.4 is 5.32 Å². The van der Waals surface area contributed by atoms with E-state index in [4.69, 9.17) is 11.6 Å². The maximum atomic E-state index is 13.1. The molecule has 0 saturated carbocycles. The van der Waals surface area contributed by atoms with Crippen molar-refractivity contribution in [2.75, 3.05) is 6.54 Å². The molecule has 3 rings (SSSR count). The molecule has 0 fully saturated rings. The largest absolute Gasteiger partial charge is 0.508 e. The number of benzene rings is 2. The SMILES string of the molecule is O=C(NCCc1ccc(O)cc1)c1cc(C(F)(F)F)nn1-c1ccccc1Cl. The van der Waals surface area contributed by atoms with Crippen LogP contribution in [0.5, 0.6) is 5.75 Å². The molecule has 0 unspecified atom stereocenters. The number of halogens is 4. The third-order valence-electron chi connectivity index (χ3n) is 3.95. The fourth-order valence-corrected chi connectivity index (χ4v) is 2.78. The van der Waals surface area contributed by atoms with Gasteiger partial charge in [-0.05, 0) is 36.2 Å². The molecule has 0 aliphatic heterocycles. The Hall–Kier alpha value is -3.00. The molecule has 146 valence electrons. The lowest BCUT2D eigenvalue weighted by atomic mass is 10.1. The highest BCUT2D eigenvalue weighted by atomic mass is 35.5. The molecule has 0 radical (unpaired) electrons. The van der Waals surface area contributed by atoms with Crippen molar-refractivity contribution in [1.29, 1.82) is 0 Å². The summed E-state index contributed by atoms with van der Waals surface area (Å²) in [6, 6.07) is 13.3. The van der Waals surface area contributed by atoms with Crippen molar-refractivity contribution in [3.63, 3.8) is 0 Å². The van der Waals surface area contributed by atoms with Gasteiger partial charge >= 0.3 is 6.18 Å². The van der Waals surface area contributed by atoms with E-state index in [0.717, 1.165) is 10.2 Å². The molecule has 2 aromatic carbocycles. The number of phenolic OH excluding ortho intramolecular Hbond substituents is 1. The second kappa shape index (κ2) is 7.93. The van der Waals surface area contributed by atoms with Crippen LogP contribution >= 0.6 is 11.6 Å². The molecule has 0 aliphatic rings. The zero-order chi connectivity index (χ0) is 20.3. The summed E-state index contributed by atoms with van der Waals surface area (Å²) in [5, 5.41) is 15.5. The van der Waals surface area contributed by atoms with Gasteiger partial charge in [-0.15, -0.1) is 0 Å². The van der Waals surface area contributed by atoms with E-state index in [0.29, 0.717) is 12.5 Å². The number of nitrogens with zero attached hydrogens (tertiary/aromatic N) is 2. The first-order valence-electron chi connectivity index (χ1n) is 8.24. The first-order valence-corrected chi connectivity index (χ1v) is 8.62. The number of aromatic nitrogens is 2. The van der Waals surface area contributed by atoms with Crippen LogP contribution in [0.15, 0.2) is 54.6 Å². The van der Waals surface area contributed by atoms with E-state index in [1.807, 2.05) is 0 Å². The molecule has 0 aliphatic carbocycles. The van der Waals surface area contributed by atoms with Gasteiger partial charge in [0.15, 0.2) is 5.69 Å². The number of amides is 1. The normalized spacial score (nSPS) is 11.4. The third kappa shape index (κ3) is 4.45. The van der Waals surface area contributed by atoms with Crippen LogP contribution in [0, 0.1) is 0 Å². The van der Waals surface area contributed by atoms with E-state index in [9.17, 15) is 23.1 Å². The lowest BCUT2D eigenvalue weighted by Crippen LogP contribution is -2.27. The highest BCUT2D eigenvalue weighted by Crippen LogP contribution is 2.30. The summed E-state index contributed by atoms with van der Waals surface area (Å²) in [7, 11) is 0. The lowest BCUT2D eigenvalue weighted by molar-refractivity contribution is -0.141. The van der Waals surface area contributed by atoms with Crippen molar-refractivity contribution >= 4 is 17.5 Å². The van der Waals surface area contributed by atoms with Gasteiger partial charge in [-0.3, -0.25) is 4.79 Å². The molecule has 0 atom stereocenters. The highest BCUT2D eigenvalue weighted by molar-refractivity contribution is 6.32. The van der Waals surface area contributed by atoms with Crippen molar-refractivity contribution in [2.45, 2.75) is 12.6 Å². The van der Waals surface area contributed by atoms with Crippen molar-refractivity contribution in [1.82, 2.24) is 15.1 Å². The number of para-hydroxylation sites is 1. The van der Waals surface area contributed by atoms with Crippen LogP contribution in [0.1, 0.15) is 21.7 Å². The van der Waals surface area contributed by atoms with E-state index in [1.54, 1.807) is 24.3 Å². The van der Waals surface area contributed by atoms with Gasteiger partial charge in [-0.1, -0.05) is 35.9 Å². The van der Waals surface area contributed by atoms with Gasteiger partial charge in [0.1, 0.15) is 11.4 Å². The minimum absolute atomic E-state index is 0.121. The fraction of sp³-hybridized carbons (Fsp3) is 0.158. The average molecular weight is 410 g/mol. The van der Waals surface area contributed by atoms with Gasteiger partial charge in [0.05, 0.1) is 10.7 Å². The van der Waals surface area contributed by atoms with Crippen molar-refractivity contribution in [3.05, 3.63) is 76.6 Å². The summed E-state index contributed by atoms with van der Waals surface area (Å²) in [6.45, 7) is 0.193. The third-order valence-corrected chi connectivity index (χ3v) is 4.27. The van der Waals surface area contributed by atoms with Gasteiger partial charge in [-0.25, -0.2) is 4.68 Å². The molecule has 3 aromatic rings. The van der Waals surface area contributed by atoms with Gasteiger partial charge in [0.2, 0.25) is 0 Å². The number of rotatable bonds is 5. The van der Waals surface area contributed by atoms with Gasteiger partial charge < -0.3 is 10.4 Å². The summed E-state index contributed by atoms with van der Waals surface area (Å²) in [4.78, 5) is 12.5. The Kier molecular flexibility index (Phi) is 5.60. The van der Waals surface area contributed by atoms with E-state index < -0.39 is 17.8 Å². The summed E-state index contributed by atoms with van der Waals surface area (Å²) in [5.74, 6) is -0.585. The van der Waals surface area contributed by atoms with Crippen LogP contribution in [-0.4, -0.2) is 27.3 Å². The minimum Gasteiger partial charge on any atom is -0.508 e. The molecule has 28 heavy (non-hydrogen) atoms. The first kappa shape index (κ1) is 19.8. The molecular formula is C19H15ClF3N3O2. The van der Waals surface area contributed by atoms with Crippen molar-refractivity contribution < 1.29 is 23.1 Å². The Morgan fingerprint density at radius 3 is 2.46 bits per heavy atom. The van der Waals surface area contributed by atoms with E-state index in [-0.39, 0.29) is 28.7 Å². The minimum atomic E-state index is -4.70. The number of nitrogens with one attached hydrogen (secondary N) is 1. The smallest absolute Gasteiger partial charge is 0.435 e. The molecule has 0 spiro atoms. The Labute approximate surface area is 163 Å². The van der Waals surface area contributed by atoms with Crippen LogP contribution in [0.3, 0.4) is 0 Å². The van der Waals surface area contributed by atoms with Crippen LogP contribution in [0.4, 0.5) is 13.2 Å². The topological polar surface area (TPSA) is 67.2 Å². The molecule has 1 amide bonds. The van der Waals surface area contributed by atoms with Gasteiger partial charge in [-0.2, -0.15) is 18.3 Å². The molecular weight excluding hydrogens is 395 g/mol. The molecule has 5 nitrogen and oxygen atoms in total. The number of phenols is 1. The standard InChI is InChI=1S/C19H15ClF3N3O2/c20-14-3-1-2-4-15(14)26-16(11-17(25-26)19(21,22)23)18(28)24-10-9-12-5-7-13(27)8-6-12/h1-8,11,27H,9-10H2,(H,24,28). The highest BCUT2D eigenvalue weighted by Gasteiger charge is 2.36. The zero-order valence-corrected chi connectivity index (χ0v) is 15.1. The van der Waals surface area contributed by atoms with Crippen LogP contribution in [-0.2, 0) is 12.6 Å². The van der Waals surface area contributed by atoms with Gasteiger partial charge in [0.25, 0.3) is 5.91 Å². The fourth-order valence-electron chi connectivity index (χ4n) is 2.56. The lowest BCUT2D eigenvalue weighted by Gasteiger charge is -2.10. The quantitative estimate of drug-likeness (QED) is 0.663. The van der Waals surface area contributed by atoms with Gasteiger partial charge in [0, 0.05) is 12.6 Å². The van der Waals surface area contributed by atoms with Crippen LogP contribution in [0.2, 0.25) is 5.02 Å². The number of alkyl halides is 3. The summed E-state index contributed by atoms with van der Waals surface area (Å²) >= 11 is 6.06. The Bertz CT molecular complexity index is 985. The number of hydrogen-bond donors (Lipinski definition) is 2. The van der Waals surface area contributed by atoms with E-state index in [2.05, 4.69) is 10.4 Å². The number of carbonyl (C=O) groups excluding carboxylic acids is 1.